The molecule has 0 saturated heterocycles. The summed E-state index contributed by atoms with van der Waals surface area (Å²) in [4.78, 5) is 18.9. The van der Waals surface area contributed by atoms with Crippen molar-refractivity contribution in [2.45, 2.75) is 31.3 Å². The van der Waals surface area contributed by atoms with E-state index in [1.54, 1.807) is 6.20 Å². The molecule has 29 heavy (non-hydrogen) atoms. The molecule has 150 valence electrons. The van der Waals surface area contributed by atoms with Gasteiger partial charge in [-0.05, 0) is 49.1 Å². The van der Waals surface area contributed by atoms with Crippen LogP contribution in [0.2, 0.25) is 0 Å². The van der Waals surface area contributed by atoms with E-state index in [0.717, 1.165) is 40.2 Å². The molecule has 4 rings (SSSR count). The Hall–Kier alpha value is -2.93. The minimum absolute atomic E-state index is 0.0529. The lowest BCUT2D eigenvalue weighted by molar-refractivity contribution is -0.116. The zero-order valence-corrected chi connectivity index (χ0v) is 17.1. The summed E-state index contributed by atoms with van der Waals surface area (Å²) >= 11 is 0. The van der Waals surface area contributed by atoms with Gasteiger partial charge in [-0.1, -0.05) is 24.3 Å². The monoisotopic (exact) mass is 409 g/mol. The fourth-order valence-corrected chi connectivity index (χ4v) is 4.32. The molecule has 0 fully saturated rings. The van der Waals surface area contributed by atoms with Crippen molar-refractivity contribution in [1.29, 1.82) is 0 Å². The summed E-state index contributed by atoms with van der Waals surface area (Å²) in [6.45, 7) is 2.51. The van der Waals surface area contributed by atoms with Crippen LogP contribution >= 0.6 is 0 Å². The van der Waals surface area contributed by atoms with E-state index in [0.29, 0.717) is 30.4 Å². The number of carbonyl (C=O) groups excluding carboxylic acids is 1. The fraction of sp³-hybridized carbons (Fsp3) is 0.273. The maximum absolute atomic E-state index is 12.5. The molecule has 2 aromatic carbocycles. The zero-order chi connectivity index (χ0) is 20.2. The second-order valence-electron chi connectivity index (χ2n) is 7.04. The number of hydrogen-bond acceptors (Lipinski definition) is 4. The van der Waals surface area contributed by atoms with Crippen LogP contribution in [0.15, 0.2) is 53.8 Å². The lowest BCUT2D eigenvalue weighted by Gasteiger charge is -2.17. The Kier molecular flexibility index (Phi) is 5.76. The summed E-state index contributed by atoms with van der Waals surface area (Å²) in [5, 5.41) is 3.35. The molecule has 1 unspecified atom stereocenters. The molecular weight excluding hydrogens is 386 g/mol. The molecule has 0 radical (unpaired) electrons. The Morgan fingerprint density at radius 3 is 2.90 bits per heavy atom. The van der Waals surface area contributed by atoms with Crippen molar-refractivity contribution in [1.82, 2.24) is 9.97 Å². The molecule has 1 aliphatic rings. The van der Waals surface area contributed by atoms with Crippen LogP contribution in [0, 0.1) is 6.92 Å². The second-order valence-corrected chi connectivity index (χ2v) is 8.52. The summed E-state index contributed by atoms with van der Waals surface area (Å²) in [7, 11) is -1.20. The topological polar surface area (TPSA) is 84.1 Å². The van der Waals surface area contributed by atoms with Gasteiger partial charge in [-0.3, -0.25) is 9.00 Å². The summed E-state index contributed by atoms with van der Waals surface area (Å²) in [6.07, 6.45) is 3.62. The molecule has 2 N–H and O–H groups in total. The van der Waals surface area contributed by atoms with Crippen molar-refractivity contribution in [2.24, 2.45) is 0 Å². The number of benzene rings is 2. The minimum Gasteiger partial charge on any atom is -0.494 e. The molecule has 3 aromatic rings. The van der Waals surface area contributed by atoms with E-state index in [-0.39, 0.29) is 5.91 Å². The SMILES string of the molecule is Cc1ccccc1-c1cnc(S(=O)CCCOc2ccc3c(c2)CCC(=O)N3)[nH]1. The number of imidazole rings is 1. The average Bonchev–Trinajstić information content (AvgIpc) is 3.21. The van der Waals surface area contributed by atoms with E-state index in [1.807, 2.05) is 49.4 Å². The first-order valence-corrected chi connectivity index (χ1v) is 11.0. The average molecular weight is 410 g/mol. The molecule has 1 atom stereocenters. The fourth-order valence-electron chi connectivity index (χ4n) is 3.36. The van der Waals surface area contributed by atoms with Gasteiger partial charge >= 0.3 is 0 Å². The van der Waals surface area contributed by atoms with Crippen LogP contribution in [0.25, 0.3) is 11.3 Å². The normalized spacial score (nSPS) is 14.2. The number of hydrogen-bond donors (Lipinski definition) is 2. The molecule has 0 spiro atoms. The number of anilines is 1. The highest BCUT2D eigenvalue weighted by atomic mass is 32.2. The van der Waals surface area contributed by atoms with Gasteiger partial charge in [0.25, 0.3) is 0 Å². The second kappa shape index (κ2) is 8.61. The van der Waals surface area contributed by atoms with E-state index >= 15 is 0 Å². The Morgan fingerprint density at radius 2 is 2.03 bits per heavy atom. The molecular formula is C22H23N3O3S. The highest BCUT2D eigenvalue weighted by Gasteiger charge is 2.15. The minimum atomic E-state index is -1.20. The van der Waals surface area contributed by atoms with Crippen molar-refractivity contribution in [2.75, 3.05) is 17.7 Å². The van der Waals surface area contributed by atoms with Crippen LogP contribution in [0.5, 0.6) is 5.75 Å². The standard InChI is InChI=1S/C22H23N3O3S/c1-15-5-2-3-6-18(15)20-14-23-22(25-20)29(27)12-4-11-28-17-8-9-19-16(13-17)7-10-21(26)24-19/h2-3,5-6,8-9,13-14H,4,7,10-12H2,1H3,(H,23,25)(H,24,26). The Bertz CT molecular complexity index is 1060. The highest BCUT2D eigenvalue weighted by Crippen LogP contribution is 2.27. The Morgan fingerprint density at radius 1 is 1.17 bits per heavy atom. The van der Waals surface area contributed by atoms with Crippen molar-refractivity contribution < 1.29 is 13.7 Å². The van der Waals surface area contributed by atoms with Crippen LogP contribution in [-0.2, 0) is 22.0 Å². The van der Waals surface area contributed by atoms with E-state index < -0.39 is 10.8 Å². The van der Waals surface area contributed by atoms with Gasteiger partial charge in [-0.15, -0.1) is 0 Å². The number of amides is 1. The van der Waals surface area contributed by atoms with Crippen molar-refractivity contribution in [3.63, 3.8) is 0 Å². The first kappa shape index (κ1) is 19.4. The predicted octanol–water partition coefficient (Wildman–Crippen LogP) is 3.85. The van der Waals surface area contributed by atoms with E-state index in [2.05, 4.69) is 15.3 Å². The van der Waals surface area contributed by atoms with Gasteiger partial charge in [0.05, 0.1) is 29.3 Å². The van der Waals surface area contributed by atoms with Gasteiger partial charge in [-0.2, -0.15) is 0 Å². The van der Waals surface area contributed by atoms with Crippen LogP contribution < -0.4 is 10.1 Å². The third-order valence-electron chi connectivity index (χ3n) is 4.92. The van der Waals surface area contributed by atoms with Crippen LogP contribution in [0.1, 0.15) is 24.0 Å². The smallest absolute Gasteiger partial charge is 0.224 e. The molecule has 7 heteroatoms. The lowest BCUT2D eigenvalue weighted by atomic mass is 10.0. The van der Waals surface area contributed by atoms with Gasteiger partial charge in [0.1, 0.15) is 5.75 Å². The quantitative estimate of drug-likeness (QED) is 0.581. The molecule has 0 bridgehead atoms. The molecule has 2 heterocycles. The number of nitrogens with zero attached hydrogens (tertiary/aromatic N) is 1. The van der Waals surface area contributed by atoms with Crippen molar-refractivity contribution in [3.05, 3.63) is 59.8 Å². The summed E-state index contributed by atoms with van der Waals surface area (Å²) in [6, 6.07) is 13.7. The Labute approximate surface area is 172 Å². The third kappa shape index (κ3) is 4.56. The van der Waals surface area contributed by atoms with E-state index in [9.17, 15) is 9.00 Å². The van der Waals surface area contributed by atoms with Gasteiger partial charge in [0.2, 0.25) is 5.91 Å². The summed E-state index contributed by atoms with van der Waals surface area (Å²) in [5.41, 5.74) is 5.03. The maximum Gasteiger partial charge on any atom is 0.224 e. The van der Waals surface area contributed by atoms with Crippen LogP contribution in [0.4, 0.5) is 5.69 Å². The molecule has 0 saturated carbocycles. The van der Waals surface area contributed by atoms with Gasteiger partial charge < -0.3 is 15.0 Å². The number of aromatic amines is 1. The molecule has 6 nitrogen and oxygen atoms in total. The van der Waals surface area contributed by atoms with Gasteiger partial charge in [0, 0.05) is 23.4 Å². The van der Waals surface area contributed by atoms with Crippen molar-refractivity contribution in [3.8, 4) is 17.0 Å². The molecule has 1 aromatic heterocycles. The van der Waals surface area contributed by atoms with Crippen LogP contribution in [-0.4, -0.2) is 32.4 Å². The first-order chi connectivity index (χ1) is 14.1. The number of fused-ring (bicyclic) bond motifs is 1. The number of aryl methyl sites for hydroxylation is 2. The number of H-pyrrole nitrogens is 1. The predicted molar refractivity (Wildman–Crippen MR) is 114 cm³/mol. The molecule has 0 aliphatic carbocycles. The van der Waals surface area contributed by atoms with E-state index in [4.69, 9.17) is 4.74 Å². The number of nitrogens with one attached hydrogen (secondary N) is 2. The Balaban J connectivity index is 1.29. The number of ether oxygens (including phenoxy) is 1. The van der Waals surface area contributed by atoms with Gasteiger partial charge in [0.15, 0.2) is 5.16 Å². The number of rotatable bonds is 7. The zero-order valence-electron chi connectivity index (χ0n) is 16.2. The van der Waals surface area contributed by atoms with Crippen molar-refractivity contribution >= 4 is 22.4 Å². The molecule has 1 aliphatic heterocycles. The summed E-state index contributed by atoms with van der Waals surface area (Å²) in [5.74, 6) is 1.30. The van der Waals surface area contributed by atoms with E-state index in [1.165, 1.54) is 0 Å². The molecule has 1 amide bonds. The maximum atomic E-state index is 12.5. The lowest BCUT2D eigenvalue weighted by Crippen LogP contribution is -2.18. The highest BCUT2D eigenvalue weighted by molar-refractivity contribution is 7.84. The first-order valence-electron chi connectivity index (χ1n) is 9.65. The number of carbonyl (C=O) groups is 1. The third-order valence-corrected chi connectivity index (χ3v) is 6.22. The number of aromatic nitrogens is 2. The summed E-state index contributed by atoms with van der Waals surface area (Å²) < 4.78 is 18.3. The largest absolute Gasteiger partial charge is 0.494 e. The van der Waals surface area contributed by atoms with Crippen LogP contribution in [0.3, 0.4) is 0 Å². The van der Waals surface area contributed by atoms with Gasteiger partial charge in [-0.25, -0.2) is 4.98 Å².